The molecule has 0 bridgehead atoms. The van der Waals surface area contributed by atoms with E-state index in [1.54, 1.807) is 11.0 Å². The molecule has 1 aliphatic heterocycles. The Morgan fingerprint density at radius 2 is 2.11 bits per heavy atom. The summed E-state index contributed by atoms with van der Waals surface area (Å²) in [6.45, 7) is 2.08. The second-order valence-corrected chi connectivity index (χ2v) is 5.39. The Labute approximate surface area is 107 Å². The van der Waals surface area contributed by atoms with Gasteiger partial charge in [0.1, 0.15) is 11.6 Å². The van der Waals surface area contributed by atoms with Crippen molar-refractivity contribution >= 4 is 16.7 Å². The third kappa shape index (κ3) is 3.36. The molecule has 1 amide bonds. The molecule has 4 nitrogen and oxygen atoms in total. The SMILES string of the molecule is O=C(CS(=O)c1cccc(F)c1)N1CCOCC1. The van der Waals surface area contributed by atoms with Gasteiger partial charge in [-0.1, -0.05) is 6.07 Å². The van der Waals surface area contributed by atoms with Crippen LogP contribution in [0.25, 0.3) is 0 Å². The summed E-state index contributed by atoms with van der Waals surface area (Å²) in [5.74, 6) is -0.732. The third-order valence-corrected chi connectivity index (χ3v) is 3.97. The highest BCUT2D eigenvalue weighted by Gasteiger charge is 2.19. The molecule has 2 rings (SSSR count). The second-order valence-electron chi connectivity index (χ2n) is 3.94. The summed E-state index contributed by atoms with van der Waals surface area (Å²) in [6.07, 6.45) is 0. The number of hydrogen-bond donors (Lipinski definition) is 0. The van der Waals surface area contributed by atoms with Crippen LogP contribution in [-0.2, 0) is 20.3 Å². The molecule has 0 N–H and O–H groups in total. The maximum absolute atomic E-state index is 13.0. The van der Waals surface area contributed by atoms with E-state index in [1.165, 1.54) is 18.2 Å². The van der Waals surface area contributed by atoms with Crippen LogP contribution in [0.1, 0.15) is 0 Å². The summed E-state index contributed by atoms with van der Waals surface area (Å²) in [4.78, 5) is 13.8. The number of ether oxygens (including phenoxy) is 1. The van der Waals surface area contributed by atoms with Crippen LogP contribution >= 0.6 is 0 Å². The normalized spacial score (nSPS) is 17.5. The lowest BCUT2D eigenvalue weighted by atomic mass is 10.4. The topological polar surface area (TPSA) is 46.6 Å². The molecule has 0 spiro atoms. The first kappa shape index (κ1) is 13.2. The standard InChI is InChI=1S/C12H14FNO3S/c13-10-2-1-3-11(8-10)18(16)9-12(15)14-4-6-17-7-5-14/h1-3,8H,4-7,9H2. The molecular formula is C12H14FNO3S. The summed E-state index contributed by atoms with van der Waals surface area (Å²) < 4.78 is 30.0. The minimum Gasteiger partial charge on any atom is -0.378 e. The first-order chi connectivity index (χ1) is 8.66. The van der Waals surface area contributed by atoms with Gasteiger partial charge in [-0.05, 0) is 18.2 Å². The number of halogens is 1. The summed E-state index contributed by atoms with van der Waals surface area (Å²) in [5.41, 5.74) is 0. The monoisotopic (exact) mass is 271 g/mol. The smallest absolute Gasteiger partial charge is 0.235 e. The zero-order valence-corrected chi connectivity index (χ0v) is 10.6. The molecule has 1 aromatic rings. The Balaban J connectivity index is 1.96. The molecule has 1 unspecified atom stereocenters. The minimum atomic E-state index is -1.50. The van der Waals surface area contributed by atoms with Gasteiger partial charge in [-0.15, -0.1) is 0 Å². The lowest BCUT2D eigenvalue weighted by Gasteiger charge is -2.26. The van der Waals surface area contributed by atoms with E-state index in [0.29, 0.717) is 31.2 Å². The fourth-order valence-corrected chi connectivity index (χ4v) is 2.76. The van der Waals surface area contributed by atoms with Gasteiger partial charge in [-0.3, -0.25) is 9.00 Å². The highest BCUT2D eigenvalue weighted by atomic mass is 32.2. The van der Waals surface area contributed by atoms with Gasteiger partial charge in [-0.25, -0.2) is 4.39 Å². The van der Waals surface area contributed by atoms with Gasteiger partial charge >= 0.3 is 0 Å². The van der Waals surface area contributed by atoms with E-state index in [2.05, 4.69) is 0 Å². The molecule has 1 atom stereocenters. The van der Waals surface area contributed by atoms with Crippen LogP contribution < -0.4 is 0 Å². The number of nitrogens with zero attached hydrogens (tertiary/aromatic N) is 1. The molecule has 0 saturated carbocycles. The minimum absolute atomic E-state index is 0.108. The summed E-state index contributed by atoms with van der Waals surface area (Å²) in [5, 5.41) is 0. The number of amides is 1. The molecule has 0 aromatic heterocycles. The van der Waals surface area contributed by atoms with Crippen LogP contribution in [0, 0.1) is 5.82 Å². The number of benzene rings is 1. The van der Waals surface area contributed by atoms with Crippen molar-refractivity contribution in [1.82, 2.24) is 4.90 Å². The lowest BCUT2D eigenvalue weighted by molar-refractivity contribution is -0.132. The Morgan fingerprint density at radius 3 is 2.78 bits per heavy atom. The molecule has 1 aromatic carbocycles. The van der Waals surface area contributed by atoms with Crippen molar-refractivity contribution in [2.75, 3.05) is 32.1 Å². The molecular weight excluding hydrogens is 257 g/mol. The predicted octanol–water partition coefficient (Wildman–Crippen LogP) is 0.792. The second kappa shape index (κ2) is 6.06. The fraction of sp³-hybridized carbons (Fsp3) is 0.417. The largest absolute Gasteiger partial charge is 0.378 e. The van der Waals surface area contributed by atoms with E-state index in [0.717, 1.165) is 0 Å². The Bertz CT molecular complexity index is 460. The summed E-state index contributed by atoms with van der Waals surface area (Å²) >= 11 is 0. The maximum Gasteiger partial charge on any atom is 0.235 e. The van der Waals surface area contributed by atoms with Gasteiger partial charge in [-0.2, -0.15) is 0 Å². The van der Waals surface area contributed by atoms with Crippen molar-refractivity contribution in [3.8, 4) is 0 Å². The molecule has 18 heavy (non-hydrogen) atoms. The Hall–Kier alpha value is -1.27. The van der Waals surface area contributed by atoms with E-state index in [4.69, 9.17) is 4.74 Å². The van der Waals surface area contributed by atoms with Crippen LogP contribution in [0.4, 0.5) is 4.39 Å². The number of morpholine rings is 1. The number of rotatable bonds is 3. The Morgan fingerprint density at radius 1 is 1.39 bits per heavy atom. The molecule has 1 heterocycles. The zero-order chi connectivity index (χ0) is 13.0. The van der Waals surface area contributed by atoms with E-state index in [1.807, 2.05) is 0 Å². The number of carbonyl (C=O) groups is 1. The molecule has 1 aliphatic rings. The van der Waals surface area contributed by atoms with Crippen LogP contribution in [0.2, 0.25) is 0 Å². The van der Waals surface area contributed by atoms with Crippen LogP contribution in [-0.4, -0.2) is 47.1 Å². The van der Waals surface area contributed by atoms with E-state index in [9.17, 15) is 13.4 Å². The summed E-state index contributed by atoms with van der Waals surface area (Å²) in [6, 6.07) is 5.53. The lowest BCUT2D eigenvalue weighted by Crippen LogP contribution is -2.42. The van der Waals surface area contributed by atoms with Crippen LogP contribution in [0.5, 0.6) is 0 Å². The Kier molecular flexibility index (Phi) is 4.43. The molecule has 1 fully saturated rings. The van der Waals surface area contributed by atoms with E-state index < -0.39 is 16.6 Å². The van der Waals surface area contributed by atoms with E-state index in [-0.39, 0.29) is 11.7 Å². The zero-order valence-electron chi connectivity index (χ0n) is 9.80. The van der Waals surface area contributed by atoms with Gasteiger partial charge in [0.15, 0.2) is 0 Å². The van der Waals surface area contributed by atoms with E-state index >= 15 is 0 Å². The highest BCUT2D eigenvalue weighted by Crippen LogP contribution is 2.10. The average molecular weight is 271 g/mol. The van der Waals surface area contributed by atoms with Crippen molar-refractivity contribution in [1.29, 1.82) is 0 Å². The molecule has 1 saturated heterocycles. The quantitative estimate of drug-likeness (QED) is 0.816. The third-order valence-electron chi connectivity index (χ3n) is 2.68. The molecule has 0 aliphatic carbocycles. The van der Waals surface area contributed by atoms with Crippen molar-refractivity contribution in [3.05, 3.63) is 30.1 Å². The van der Waals surface area contributed by atoms with Crippen LogP contribution in [0.15, 0.2) is 29.2 Å². The van der Waals surface area contributed by atoms with Gasteiger partial charge in [0.25, 0.3) is 0 Å². The fourth-order valence-electron chi connectivity index (χ4n) is 1.71. The van der Waals surface area contributed by atoms with Crippen molar-refractivity contribution in [2.24, 2.45) is 0 Å². The average Bonchev–Trinajstić information content (AvgIpc) is 2.39. The first-order valence-corrected chi connectivity index (χ1v) is 6.98. The predicted molar refractivity (Wildman–Crippen MR) is 65.1 cm³/mol. The summed E-state index contributed by atoms with van der Waals surface area (Å²) in [7, 11) is -1.50. The van der Waals surface area contributed by atoms with Crippen LogP contribution in [0.3, 0.4) is 0 Å². The number of carbonyl (C=O) groups excluding carboxylic acids is 1. The van der Waals surface area contributed by atoms with Gasteiger partial charge in [0.2, 0.25) is 5.91 Å². The molecule has 6 heteroatoms. The van der Waals surface area contributed by atoms with Gasteiger partial charge in [0, 0.05) is 18.0 Å². The van der Waals surface area contributed by atoms with Gasteiger partial charge < -0.3 is 9.64 Å². The number of hydrogen-bond acceptors (Lipinski definition) is 3. The van der Waals surface area contributed by atoms with Crippen molar-refractivity contribution < 1.29 is 18.1 Å². The van der Waals surface area contributed by atoms with Crippen molar-refractivity contribution in [3.63, 3.8) is 0 Å². The highest BCUT2D eigenvalue weighted by molar-refractivity contribution is 7.85. The van der Waals surface area contributed by atoms with Gasteiger partial charge in [0.05, 0.1) is 24.0 Å². The first-order valence-electron chi connectivity index (χ1n) is 5.66. The molecule has 98 valence electrons. The molecule has 0 radical (unpaired) electrons. The maximum atomic E-state index is 13.0. The van der Waals surface area contributed by atoms with Crippen molar-refractivity contribution in [2.45, 2.75) is 4.90 Å².